The van der Waals surface area contributed by atoms with Crippen LogP contribution in [0.3, 0.4) is 0 Å². The van der Waals surface area contributed by atoms with E-state index >= 15 is 0 Å². The van der Waals surface area contributed by atoms with E-state index in [0.717, 1.165) is 26.2 Å². The van der Waals surface area contributed by atoms with Gasteiger partial charge in [-0.25, -0.2) is 0 Å². The summed E-state index contributed by atoms with van der Waals surface area (Å²) in [6.45, 7) is 8.47. The van der Waals surface area contributed by atoms with E-state index in [9.17, 15) is 0 Å². The second kappa shape index (κ2) is 10.5. The number of benzene rings is 4. The zero-order valence-corrected chi connectivity index (χ0v) is 23.3. The molecule has 2 aromatic heterocycles. The van der Waals surface area contributed by atoms with E-state index in [-0.39, 0.29) is 12.1 Å². The van der Waals surface area contributed by atoms with Crippen LogP contribution in [0.4, 0.5) is 0 Å². The van der Waals surface area contributed by atoms with Crippen molar-refractivity contribution in [2.45, 2.75) is 25.9 Å². The first-order valence-corrected chi connectivity index (χ1v) is 14.4. The molecule has 0 radical (unpaired) electrons. The third kappa shape index (κ3) is 4.34. The van der Waals surface area contributed by atoms with E-state index in [1.165, 1.54) is 55.4 Å². The molecule has 0 bridgehead atoms. The van der Waals surface area contributed by atoms with Gasteiger partial charge in [0.05, 0.1) is 12.1 Å². The van der Waals surface area contributed by atoms with E-state index in [0.29, 0.717) is 0 Å². The second-order valence-corrected chi connectivity index (χ2v) is 11.1. The Bertz CT molecular complexity index is 1610. The maximum atomic E-state index is 3.67. The molecule has 2 N–H and O–H groups in total. The number of nitrogens with zero attached hydrogens (tertiary/aromatic N) is 2. The number of aromatic amines is 2. The van der Waals surface area contributed by atoms with Crippen LogP contribution in [-0.4, -0.2) is 45.9 Å². The minimum absolute atomic E-state index is 0.213. The van der Waals surface area contributed by atoms with E-state index in [4.69, 9.17) is 0 Å². The monoisotopic (exact) mass is 524 g/mol. The molecule has 1 aliphatic heterocycles. The molecule has 40 heavy (non-hydrogen) atoms. The molecule has 4 heteroatoms. The van der Waals surface area contributed by atoms with Crippen molar-refractivity contribution < 1.29 is 0 Å². The molecule has 0 unspecified atom stereocenters. The van der Waals surface area contributed by atoms with Crippen molar-refractivity contribution in [2.24, 2.45) is 0 Å². The molecule has 1 fully saturated rings. The molecule has 0 aliphatic carbocycles. The Morgan fingerprint density at radius 2 is 0.825 bits per heavy atom. The van der Waals surface area contributed by atoms with Gasteiger partial charge in [-0.05, 0) is 37.1 Å². The molecule has 1 saturated heterocycles. The van der Waals surface area contributed by atoms with Crippen LogP contribution in [0, 0.1) is 13.8 Å². The van der Waals surface area contributed by atoms with Crippen LogP contribution in [0.2, 0.25) is 0 Å². The van der Waals surface area contributed by atoms with Gasteiger partial charge in [0.1, 0.15) is 0 Å². The third-order valence-electron chi connectivity index (χ3n) is 8.74. The van der Waals surface area contributed by atoms with Crippen molar-refractivity contribution >= 4 is 21.8 Å². The fourth-order valence-electron chi connectivity index (χ4n) is 6.95. The van der Waals surface area contributed by atoms with E-state index in [1.54, 1.807) is 0 Å². The van der Waals surface area contributed by atoms with Gasteiger partial charge in [-0.3, -0.25) is 9.80 Å². The fourth-order valence-corrected chi connectivity index (χ4v) is 6.95. The lowest BCUT2D eigenvalue weighted by Crippen LogP contribution is -2.49. The predicted octanol–water partition coefficient (Wildman–Crippen LogP) is 7.76. The van der Waals surface area contributed by atoms with Crippen LogP contribution in [0.25, 0.3) is 21.8 Å². The molecule has 6 aromatic rings. The summed E-state index contributed by atoms with van der Waals surface area (Å²) in [5, 5.41) is 2.65. The van der Waals surface area contributed by atoms with Crippen LogP contribution < -0.4 is 0 Å². The summed E-state index contributed by atoms with van der Waals surface area (Å²) in [6, 6.07) is 40.0. The Hall–Kier alpha value is -4.12. The number of H-pyrrole nitrogens is 2. The Morgan fingerprint density at radius 3 is 1.23 bits per heavy atom. The maximum Gasteiger partial charge on any atom is 0.0626 e. The molecule has 4 aromatic carbocycles. The molecular formula is C36H36N4. The average molecular weight is 525 g/mol. The number of fused-ring (bicyclic) bond motifs is 2. The highest BCUT2D eigenvalue weighted by Gasteiger charge is 2.34. The number of aromatic nitrogens is 2. The van der Waals surface area contributed by atoms with E-state index in [1.807, 2.05) is 0 Å². The molecule has 3 heterocycles. The van der Waals surface area contributed by atoms with Crippen molar-refractivity contribution in [3.8, 4) is 0 Å². The summed E-state index contributed by atoms with van der Waals surface area (Å²) < 4.78 is 0. The second-order valence-electron chi connectivity index (χ2n) is 11.1. The van der Waals surface area contributed by atoms with Gasteiger partial charge in [0.15, 0.2) is 0 Å². The number of rotatable bonds is 6. The first-order chi connectivity index (χ1) is 19.7. The minimum Gasteiger partial charge on any atom is -0.358 e. The van der Waals surface area contributed by atoms with Gasteiger partial charge >= 0.3 is 0 Å². The SMILES string of the molecule is Cc1[nH]c2ccccc2c1[C@H](c1ccccc1)N1CCN([C@@H](c2ccccc2)c2c(C)[nH]c3ccccc23)CC1. The summed E-state index contributed by atoms with van der Waals surface area (Å²) in [5.74, 6) is 0. The molecule has 0 spiro atoms. The topological polar surface area (TPSA) is 38.1 Å². The van der Waals surface area contributed by atoms with Gasteiger partial charge in [-0.2, -0.15) is 0 Å². The number of hydrogen-bond donors (Lipinski definition) is 2. The standard InChI is InChI=1S/C36H36N4/c1-25-33(29-17-9-11-19-31(29)37-25)35(27-13-5-3-6-14-27)39-21-23-40(24-22-39)36(28-15-7-4-8-16-28)34-26(2)38-32-20-12-10-18-30(32)34/h3-20,35-38H,21-24H2,1-2H3/t35-,36-/m0/s1. The van der Waals surface area contributed by atoms with Crippen molar-refractivity contribution in [1.82, 2.24) is 19.8 Å². The normalized spacial score (nSPS) is 16.4. The first-order valence-electron chi connectivity index (χ1n) is 14.4. The van der Waals surface area contributed by atoms with Crippen LogP contribution in [-0.2, 0) is 0 Å². The number of piperazine rings is 1. The Balaban J connectivity index is 1.25. The largest absolute Gasteiger partial charge is 0.358 e. The highest BCUT2D eigenvalue weighted by molar-refractivity contribution is 5.86. The van der Waals surface area contributed by atoms with Gasteiger partial charge in [-0.15, -0.1) is 0 Å². The van der Waals surface area contributed by atoms with E-state index < -0.39 is 0 Å². The summed E-state index contributed by atoms with van der Waals surface area (Å²) in [6.07, 6.45) is 0. The van der Waals surface area contributed by atoms with Crippen LogP contribution in [0.1, 0.15) is 45.7 Å². The van der Waals surface area contributed by atoms with Crippen molar-refractivity contribution in [2.75, 3.05) is 26.2 Å². The van der Waals surface area contributed by atoms with Crippen molar-refractivity contribution in [3.63, 3.8) is 0 Å². The molecule has 2 atom stereocenters. The molecule has 1 aliphatic rings. The summed E-state index contributed by atoms with van der Waals surface area (Å²) in [4.78, 5) is 12.7. The van der Waals surface area contributed by atoms with Gasteiger partial charge in [0.2, 0.25) is 0 Å². The highest BCUT2D eigenvalue weighted by atomic mass is 15.3. The number of hydrogen-bond acceptors (Lipinski definition) is 2. The predicted molar refractivity (Wildman–Crippen MR) is 166 cm³/mol. The van der Waals surface area contributed by atoms with Crippen molar-refractivity contribution in [1.29, 1.82) is 0 Å². The molecule has 200 valence electrons. The molecule has 4 nitrogen and oxygen atoms in total. The number of para-hydroxylation sites is 2. The Morgan fingerprint density at radius 1 is 0.475 bits per heavy atom. The average Bonchev–Trinajstić information content (AvgIpc) is 3.51. The molecule has 0 saturated carbocycles. The quantitative estimate of drug-likeness (QED) is 0.234. The molecule has 7 rings (SSSR count). The summed E-state index contributed by atoms with van der Waals surface area (Å²) in [7, 11) is 0. The fraction of sp³-hybridized carbons (Fsp3) is 0.222. The Labute approximate surface area is 236 Å². The minimum atomic E-state index is 0.213. The van der Waals surface area contributed by atoms with E-state index in [2.05, 4.69) is 143 Å². The lowest BCUT2D eigenvalue weighted by molar-refractivity contribution is 0.0902. The number of aryl methyl sites for hydroxylation is 2. The van der Waals surface area contributed by atoms with Gasteiger partial charge in [-0.1, -0.05) is 97.1 Å². The zero-order valence-electron chi connectivity index (χ0n) is 23.3. The molecule has 0 amide bonds. The van der Waals surface area contributed by atoms with Gasteiger partial charge < -0.3 is 9.97 Å². The van der Waals surface area contributed by atoms with Crippen LogP contribution in [0.5, 0.6) is 0 Å². The number of nitrogens with one attached hydrogen (secondary N) is 2. The van der Waals surface area contributed by atoms with Crippen molar-refractivity contribution in [3.05, 3.63) is 143 Å². The lowest BCUT2D eigenvalue weighted by atomic mass is 9.92. The maximum absolute atomic E-state index is 3.67. The highest BCUT2D eigenvalue weighted by Crippen LogP contribution is 2.40. The Kier molecular flexibility index (Phi) is 6.51. The smallest absolute Gasteiger partial charge is 0.0626 e. The summed E-state index contributed by atoms with van der Waals surface area (Å²) >= 11 is 0. The third-order valence-corrected chi connectivity index (χ3v) is 8.74. The summed E-state index contributed by atoms with van der Waals surface area (Å²) in [5.41, 5.74) is 10.5. The van der Waals surface area contributed by atoms with Gasteiger partial charge in [0, 0.05) is 70.5 Å². The van der Waals surface area contributed by atoms with Crippen LogP contribution in [0.15, 0.2) is 109 Å². The van der Waals surface area contributed by atoms with Gasteiger partial charge in [0.25, 0.3) is 0 Å². The lowest BCUT2D eigenvalue weighted by Gasteiger charge is -2.43. The van der Waals surface area contributed by atoms with Crippen LogP contribution >= 0.6 is 0 Å². The first kappa shape index (κ1) is 24.9. The zero-order chi connectivity index (χ0) is 27.1. The molecular weight excluding hydrogens is 488 g/mol.